The highest BCUT2D eigenvalue weighted by Gasteiger charge is 2.08. The van der Waals surface area contributed by atoms with Crippen molar-refractivity contribution in [3.05, 3.63) is 64.1 Å². The average molecular weight is 305 g/mol. The van der Waals surface area contributed by atoms with Gasteiger partial charge in [-0.1, -0.05) is 40.2 Å². The number of rotatable bonds is 4. The zero-order chi connectivity index (χ0) is 13.0. The second-order valence-electron chi connectivity index (χ2n) is 3.96. The number of benzene rings is 2. The summed E-state index contributed by atoms with van der Waals surface area (Å²) < 4.78 is 6.10. The molecule has 0 saturated carbocycles. The van der Waals surface area contributed by atoms with Crippen molar-refractivity contribution >= 4 is 21.7 Å². The lowest BCUT2D eigenvalue weighted by atomic mass is 10.0. The summed E-state index contributed by atoms with van der Waals surface area (Å²) in [6, 6.07) is 15.0. The summed E-state index contributed by atoms with van der Waals surface area (Å²) in [6.07, 6.45) is 0.395. The molecule has 0 aliphatic carbocycles. The summed E-state index contributed by atoms with van der Waals surface area (Å²) in [6.45, 7) is 0. The Labute approximate surface area is 115 Å². The molecule has 92 valence electrons. The minimum Gasteiger partial charge on any atom is -0.497 e. The molecule has 2 rings (SSSR count). The first-order chi connectivity index (χ1) is 8.69. The van der Waals surface area contributed by atoms with E-state index >= 15 is 0 Å². The van der Waals surface area contributed by atoms with E-state index in [9.17, 15) is 4.79 Å². The summed E-state index contributed by atoms with van der Waals surface area (Å²) in [5.41, 5.74) is 1.67. The number of carbonyl (C=O) groups is 1. The average Bonchev–Trinajstić information content (AvgIpc) is 2.39. The normalized spacial score (nSPS) is 10.1. The lowest BCUT2D eigenvalue weighted by Crippen LogP contribution is -2.03. The molecule has 0 amide bonds. The van der Waals surface area contributed by atoms with Crippen molar-refractivity contribution in [3.63, 3.8) is 0 Å². The van der Waals surface area contributed by atoms with E-state index in [-0.39, 0.29) is 5.78 Å². The van der Waals surface area contributed by atoms with Gasteiger partial charge >= 0.3 is 0 Å². The lowest BCUT2D eigenvalue weighted by Gasteiger charge is -2.04. The van der Waals surface area contributed by atoms with Crippen LogP contribution in [-0.2, 0) is 6.42 Å². The molecule has 0 saturated heterocycles. The van der Waals surface area contributed by atoms with E-state index in [1.807, 2.05) is 42.5 Å². The van der Waals surface area contributed by atoms with Crippen LogP contribution in [0.2, 0.25) is 0 Å². The molecule has 0 fully saturated rings. The second kappa shape index (κ2) is 5.83. The smallest absolute Gasteiger partial charge is 0.167 e. The molecular formula is C15H13BrO2. The van der Waals surface area contributed by atoms with Crippen molar-refractivity contribution in [2.24, 2.45) is 0 Å². The Morgan fingerprint density at radius 2 is 1.94 bits per heavy atom. The first kappa shape index (κ1) is 12.8. The van der Waals surface area contributed by atoms with Crippen molar-refractivity contribution in [3.8, 4) is 5.75 Å². The highest BCUT2D eigenvalue weighted by atomic mass is 79.9. The number of methoxy groups -OCH3 is 1. The van der Waals surface area contributed by atoms with Gasteiger partial charge in [0.15, 0.2) is 5.78 Å². The number of ether oxygens (including phenoxy) is 1. The topological polar surface area (TPSA) is 26.3 Å². The summed E-state index contributed by atoms with van der Waals surface area (Å²) in [5, 5.41) is 0. The fourth-order valence-electron chi connectivity index (χ4n) is 1.73. The number of carbonyl (C=O) groups excluding carboxylic acids is 1. The van der Waals surface area contributed by atoms with Crippen LogP contribution in [0, 0.1) is 0 Å². The van der Waals surface area contributed by atoms with Gasteiger partial charge in [-0.05, 0) is 29.8 Å². The van der Waals surface area contributed by atoms with Gasteiger partial charge in [-0.3, -0.25) is 4.79 Å². The van der Waals surface area contributed by atoms with Gasteiger partial charge in [0, 0.05) is 16.5 Å². The summed E-state index contributed by atoms with van der Waals surface area (Å²) in [4.78, 5) is 12.1. The molecule has 0 spiro atoms. The number of Topliss-reactive ketones (excluding diaryl/α,β-unsaturated/α-hetero) is 1. The Kier molecular flexibility index (Phi) is 4.15. The number of ketones is 1. The van der Waals surface area contributed by atoms with Gasteiger partial charge in [-0.15, -0.1) is 0 Å². The van der Waals surface area contributed by atoms with Gasteiger partial charge in [0.05, 0.1) is 7.11 Å². The molecular weight excluding hydrogens is 292 g/mol. The van der Waals surface area contributed by atoms with Gasteiger partial charge in [-0.2, -0.15) is 0 Å². The quantitative estimate of drug-likeness (QED) is 0.801. The molecule has 3 heteroatoms. The predicted molar refractivity (Wildman–Crippen MR) is 75.2 cm³/mol. The lowest BCUT2D eigenvalue weighted by molar-refractivity contribution is 0.0992. The molecule has 0 heterocycles. The van der Waals surface area contributed by atoms with E-state index in [1.165, 1.54) is 0 Å². The second-order valence-corrected chi connectivity index (χ2v) is 4.88. The maximum Gasteiger partial charge on any atom is 0.167 e. The third-order valence-corrected chi connectivity index (χ3v) is 3.14. The highest BCUT2D eigenvalue weighted by molar-refractivity contribution is 9.10. The molecule has 0 N–H and O–H groups in total. The van der Waals surface area contributed by atoms with Crippen molar-refractivity contribution in [2.45, 2.75) is 6.42 Å². The van der Waals surface area contributed by atoms with Crippen LogP contribution in [-0.4, -0.2) is 12.9 Å². The van der Waals surface area contributed by atoms with Crippen molar-refractivity contribution in [1.82, 2.24) is 0 Å². The largest absolute Gasteiger partial charge is 0.497 e. The van der Waals surface area contributed by atoms with Crippen LogP contribution in [0.3, 0.4) is 0 Å². The van der Waals surface area contributed by atoms with Gasteiger partial charge in [-0.25, -0.2) is 0 Å². The highest BCUT2D eigenvalue weighted by Crippen LogP contribution is 2.17. The van der Waals surface area contributed by atoms with Crippen LogP contribution in [0.5, 0.6) is 5.75 Å². The maximum absolute atomic E-state index is 12.1. The van der Waals surface area contributed by atoms with E-state index in [0.717, 1.165) is 10.0 Å². The Balaban J connectivity index is 2.16. The fourth-order valence-corrected chi connectivity index (χ4v) is 2.18. The minimum atomic E-state index is 0.0898. The Morgan fingerprint density at radius 3 is 2.67 bits per heavy atom. The van der Waals surface area contributed by atoms with Crippen LogP contribution >= 0.6 is 15.9 Å². The third kappa shape index (κ3) is 3.20. The van der Waals surface area contributed by atoms with Gasteiger partial charge < -0.3 is 4.74 Å². The Bertz CT molecular complexity index is 564. The Morgan fingerprint density at radius 1 is 1.17 bits per heavy atom. The van der Waals surface area contributed by atoms with Crippen LogP contribution in [0.25, 0.3) is 0 Å². The SMILES string of the molecule is COc1cccc(C(=O)Cc2cccc(Br)c2)c1. The van der Waals surface area contributed by atoms with E-state index in [0.29, 0.717) is 17.7 Å². The monoisotopic (exact) mass is 304 g/mol. The van der Waals surface area contributed by atoms with Gasteiger partial charge in [0.1, 0.15) is 5.75 Å². The van der Waals surface area contributed by atoms with Crippen molar-refractivity contribution in [2.75, 3.05) is 7.11 Å². The molecule has 2 nitrogen and oxygen atoms in total. The first-order valence-corrected chi connectivity index (χ1v) is 6.40. The van der Waals surface area contributed by atoms with E-state index < -0.39 is 0 Å². The zero-order valence-electron chi connectivity index (χ0n) is 10.0. The predicted octanol–water partition coefficient (Wildman–Crippen LogP) is 3.88. The molecule has 2 aromatic rings. The van der Waals surface area contributed by atoms with E-state index in [4.69, 9.17) is 4.74 Å². The summed E-state index contributed by atoms with van der Waals surface area (Å²) >= 11 is 3.40. The van der Waals surface area contributed by atoms with Crippen LogP contribution in [0.15, 0.2) is 53.0 Å². The molecule has 2 aromatic carbocycles. The molecule has 0 aromatic heterocycles. The molecule has 0 radical (unpaired) electrons. The molecule has 0 bridgehead atoms. The number of halogens is 1. The van der Waals surface area contributed by atoms with Crippen LogP contribution < -0.4 is 4.74 Å². The minimum absolute atomic E-state index is 0.0898. The first-order valence-electron chi connectivity index (χ1n) is 5.61. The molecule has 0 aliphatic heterocycles. The molecule has 18 heavy (non-hydrogen) atoms. The van der Waals surface area contributed by atoms with Crippen molar-refractivity contribution < 1.29 is 9.53 Å². The van der Waals surface area contributed by atoms with Gasteiger partial charge in [0.25, 0.3) is 0 Å². The number of hydrogen-bond donors (Lipinski definition) is 0. The summed E-state index contributed by atoms with van der Waals surface area (Å²) in [7, 11) is 1.60. The van der Waals surface area contributed by atoms with Crippen LogP contribution in [0.4, 0.5) is 0 Å². The standard InChI is InChI=1S/C15H13BrO2/c1-18-14-7-3-5-12(10-14)15(17)9-11-4-2-6-13(16)8-11/h2-8,10H,9H2,1H3. The maximum atomic E-state index is 12.1. The zero-order valence-corrected chi connectivity index (χ0v) is 11.6. The van der Waals surface area contributed by atoms with Gasteiger partial charge in [0.2, 0.25) is 0 Å². The number of hydrogen-bond acceptors (Lipinski definition) is 2. The third-order valence-electron chi connectivity index (χ3n) is 2.65. The van der Waals surface area contributed by atoms with Crippen LogP contribution in [0.1, 0.15) is 15.9 Å². The molecule has 0 unspecified atom stereocenters. The molecule has 0 aliphatic rings. The van der Waals surface area contributed by atoms with E-state index in [1.54, 1.807) is 13.2 Å². The van der Waals surface area contributed by atoms with Crippen molar-refractivity contribution in [1.29, 1.82) is 0 Å². The molecule has 0 atom stereocenters. The fraction of sp³-hybridized carbons (Fsp3) is 0.133. The van der Waals surface area contributed by atoms with E-state index in [2.05, 4.69) is 15.9 Å². The Hall–Kier alpha value is -1.61. The summed E-state index contributed by atoms with van der Waals surface area (Å²) in [5.74, 6) is 0.794.